The zero-order chi connectivity index (χ0) is 24.4. The van der Waals surface area contributed by atoms with E-state index in [1.165, 1.54) is 11.1 Å². The fourth-order valence-electron chi connectivity index (χ4n) is 5.78. The smallest absolute Gasteiger partial charge is 0.407 e. The minimum absolute atomic E-state index is 0.00374. The van der Waals surface area contributed by atoms with Gasteiger partial charge in [0, 0.05) is 12.0 Å². The molecular formula is C28H30N2O5. The Morgan fingerprint density at radius 1 is 0.914 bits per heavy atom. The molecule has 3 aliphatic carbocycles. The summed E-state index contributed by atoms with van der Waals surface area (Å²) in [6.45, 7) is 0.243. The molecule has 0 aromatic heterocycles. The lowest BCUT2D eigenvalue weighted by molar-refractivity contribution is -0.138. The Morgan fingerprint density at radius 3 is 2.29 bits per heavy atom. The zero-order valence-electron chi connectivity index (χ0n) is 19.5. The molecule has 0 spiro atoms. The molecule has 2 aromatic carbocycles. The minimum atomic E-state index is -0.829. The van der Waals surface area contributed by atoms with E-state index in [1.807, 2.05) is 36.4 Å². The van der Waals surface area contributed by atoms with Crippen LogP contribution in [0.3, 0.4) is 0 Å². The van der Waals surface area contributed by atoms with Crippen molar-refractivity contribution < 1.29 is 24.2 Å². The summed E-state index contributed by atoms with van der Waals surface area (Å²) >= 11 is 0. The number of carbonyl (C=O) groups excluding carboxylic acids is 2. The Morgan fingerprint density at radius 2 is 1.60 bits per heavy atom. The summed E-state index contributed by atoms with van der Waals surface area (Å²) in [5, 5.41) is 15.0. The molecule has 2 aromatic rings. The number of amides is 2. The van der Waals surface area contributed by atoms with Crippen LogP contribution in [0, 0.1) is 11.8 Å². The number of rotatable bonds is 7. The summed E-state index contributed by atoms with van der Waals surface area (Å²) < 4.78 is 5.62. The summed E-state index contributed by atoms with van der Waals surface area (Å²) in [7, 11) is 0. The molecule has 3 aliphatic rings. The maximum absolute atomic E-state index is 12.7. The SMILES string of the molecule is O=C(O)C[C@@H]1CCC[C@H]1NC(=O)C1C=CC(NC(=O)OCC2c3ccccc3-c3ccccc32)C1. The van der Waals surface area contributed by atoms with Gasteiger partial charge in [-0.1, -0.05) is 67.1 Å². The summed E-state index contributed by atoms with van der Waals surface area (Å²) in [5.41, 5.74) is 4.68. The van der Waals surface area contributed by atoms with Crippen molar-refractivity contribution in [3.05, 3.63) is 71.8 Å². The number of carbonyl (C=O) groups is 3. The number of carboxylic acid groups (broad SMARTS) is 1. The van der Waals surface area contributed by atoms with Gasteiger partial charge in [-0.3, -0.25) is 9.59 Å². The maximum Gasteiger partial charge on any atom is 0.407 e. The van der Waals surface area contributed by atoms with Gasteiger partial charge in [0.05, 0.1) is 18.4 Å². The van der Waals surface area contributed by atoms with Crippen LogP contribution in [-0.2, 0) is 14.3 Å². The predicted octanol–water partition coefficient (Wildman–Crippen LogP) is 4.23. The summed E-state index contributed by atoms with van der Waals surface area (Å²) in [6, 6.07) is 16.0. The van der Waals surface area contributed by atoms with Crippen molar-refractivity contribution in [1.29, 1.82) is 0 Å². The third-order valence-corrected chi connectivity index (χ3v) is 7.49. The predicted molar refractivity (Wildman–Crippen MR) is 131 cm³/mol. The number of hydrogen-bond donors (Lipinski definition) is 3. The molecule has 0 radical (unpaired) electrons. The monoisotopic (exact) mass is 474 g/mol. The first kappa shape index (κ1) is 23.1. The second kappa shape index (κ2) is 9.94. The van der Waals surface area contributed by atoms with Gasteiger partial charge in [0.15, 0.2) is 0 Å². The maximum atomic E-state index is 12.7. The molecule has 182 valence electrons. The largest absolute Gasteiger partial charge is 0.481 e. The molecule has 2 amide bonds. The van der Waals surface area contributed by atoms with Crippen LogP contribution >= 0.6 is 0 Å². The third-order valence-electron chi connectivity index (χ3n) is 7.49. The van der Waals surface area contributed by atoms with E-state index in [0.29, 0.717) is 6.42 Å². The molecular weight excluding hydrogens is 444 g/mol. The van der Waals surface area contributed by atoms with Gasteiger partial charge in [-0.15, -0.1) is 0 Å². The highest BCUT2D eigenvalue weighted by Crippen LogP contribution is 2.44. The molecule has 2 unspecified atom stereocenters. The third kappa shape index (κ3) is 4.94. The van der Waals surface area contributed by atoms with Crippen molar-refractivity contribution >= 4 is 18.0 Å². The Balaban J connectivity index is 1.12. The van der Waals surface area contributed by atoms with Gasteiger partial charge in [-0.25, -0.2) is 4.79 Å². The number of aliphatic carboxylic acids is 1. The molecule has 3 N–H and O–H groups in total. The number of alkyl carbamates (subject to hydrolysis) is 1. The van der Waals surface area contributed by atoms with Crippen LogP contribution in [-0.4, -0.2) is 41.8 Å². The van der Waals surface area contributed by atoms with E-state index in [0.717, 1.165) is 30.4 Å². The summed E-state index contributed by atoms with van der Waals surface area (Å²) in [6.07, 6.45) is 6.24. The number of ether oxygens (including phenoxy) is 1. The quantitative estimate of drug-likeness (QED) is 0.521. The van der Waals surface area contributed by atoms with Crippen LogP contribution in [0.2, 0.25) is 0 Å². The van der Waals surface area contributed by atoms with Crippen molar-refractivity contribution in [3.63, 3.8) is 0 Å². The Hall–Kier alpha value is -3.61. The standard InChI is InChI=1S/C28H30N2O5/c31-26(32)15-17-6-5-11-25(17)30-27(33)18-12-13-19(14-18)29-28(34)35-16-24-22-9-3-1-7-20(22)21-8-2-4-10-23(21)24/h1-4,7-10,12-13,17-19,24-25H,5-6,11,14-16H2,(H,29,34)(H,30,33)(H,31,32)/t17-,18?,19?,25+/m0/s1. The molecule has 0 bridgehead atoms. The molecule has 7 nitrogen and oxygen atoms in total. The van der Waals surface area contributed by atoms with Crippen LogP contribution in [0.15, 0.2) is 60.7 Å². The molecule has 5 rings (SSSR count). The molecule has 7 heteroatoms. The fourth-order valence-corrected chi connectivity index (χ4v) is 5.78. The van der Waals surface area contributed by atoms with E-state index in [2.05, 4.69) is 34.9 Å². The second-order valence-corrected chi connectivity index (χ2v) is 9.71. The molecule has 0 aliphatic heterocycles. The molecule has 35 heavy (non-hydrogen) atoms. The lowest BCUT2D eigenvalue weighted by Gasteiger charge is -2.22. The zero-order valence-corrected chi connectivity index (χ0v) is 19.5. The van der Waals surface area contributed by atoms with E-state index in [9.17, 15) is 14.4 Å². The number of fused-ring (bicyclic) bond motifs is 3. The van der Waals surface area contributed by atoms with Gasteiger partial charge in [0.25, 0.3) is 0 Å². The van der Waals surface area contributed by atoms with Crippen molar-refractivity contribution in [2.75, 3.05) is 6.61 Å². The highest BCUT2D eigenvalue weighted by Gasteiger charge is 2.34. The minimum Gasteiger partial charge on any atom is -0.481 e. The highest BCUT2D eigenvalue weighted by atomic mass is 16.5. The summed E-state index contributed by atoms with van der Waals surface area (Å²) in [4.78, 5) is 36.4. The average molecular weight is 475 g/mol. The van der Waals surface area contributed by atoms with Crippen LogP contribution in [0.4, 0.5) is 4.79 Å². The van der Waals surface area contributed by atoms with E-state index >= 15 is 0 Å². The van der Waals surface area contributed by atoms with Gasteiger partial charge >= 0.3 is 12.1 Å². The number of benzene rings is 2. The van der Waals surface area contributed by atoms with Gasteiger partial charge in [0.1, 0.15) is 6.61 Å². The number of nitrogens with one attached hydrogen (secondary N) is 2. The van der Waals surface area contributed by atoms with Crippen molar-refractivity contribution in [2.45, 2.75) is 50.1 Å². The van der Waals surface area contributed by atoms with Crippen LogP contribution in [0.1, 0.15) is 49.1 Å². The molecule has 1 fully saturated rings. The van der Waals surface area contributed by atoms with Gasteiger partial charge in [0.2, 0.25) is 5.91 Å². The lowest BCUT2D eigenvalue weighted by atomic mass is 9.98. The number of carboxylic acids is 1. The Kier molecular flexibility index (Phi) is 6.57. The van der Waals surface area contributed by atoms with Gasteiger partial charge in [-0.05, 0) is 47.4 Å². The normalized spacial score (nSPS) is 24.6. The van der Waals surface area contributed by atoms with Crippen molar-refractivity contribution in [2.24, 2.45) is 11.8 Å². The van der Waals surface area contributed by atoms with E-state index < -0.39 is 12.1 Å². The Labute approximate surface area is 204 Å². The molecule has 0 heterocycles. The van der Waals surface area contributed by atoms with E-state index in [4.69, 9.17) is 9.84 Å². The fraction of sp³-hybridized carbons (Fsp3) is 0.393. The van der Waals surface area contributed by atoms with E-state index in [-0.39, 0.29) is 48.8 Å². The molecule has 1 saturated carbocycles. The second-order valence-electron chi connectivity index (χ2n) is 9.71. The molecule has 0 saturated heterocycles. The van der Waals surface area contributed by atoms with Crippen LogP contribution in [0.5, 0.6) is 0 Å². The van der Waals surface area contributed by atoms with Gasteiger partial charge in [-0.2, -0.15) is 0 Å². The average Bonchev–Trinajstić information content (AvgIpc) is 3.56. The van der Waals surface area contributed by atoms with E-state index in [1.54, 1.807) is 0 Å². The Bertz CT molecular complexity index is 1110. The summed E-state index contributed by atoms with van der Waals surface area (Å²) in [5.74, 6) is -1.31. The molecule has 4 atom stereocenters. The highest BCUT2D eigenvalue weighted by molar-refractivity contribution is 5.82. The topological polar surface area (TPSA) is 105 Å². The first-order chi connectivity index (χ1) is 17.0. The lowest BCUT2D eigenvalue weighted by Crippen LogP contribution is -2.41. The first-order valence-corrected chi connectivity index (χ1v) is 12.3. The van der Waals surface area contributed by atoms with Crippen molar-refractivity contribution in [1.82, 2.24) is 10.6 Å². The van der Waals surface area contributed by atoms with Gasteiger partial charge < -0.3 is 20.5 Å². The number of hydrogen-bond acceptors (Lipinski definition) is 4. The van der Waals surface area contributed by atoms with Crippen LogP contribution in [0.25, 0.3) is 11.1 Å². The van der Waals surface area contributed by atoms with Crippen LogP contribution < -0.4 is 10.6 Å². The first-order valence-electron chi connectivity index (χ1n) is 12.3. The van der Waals surface area contributed by atoms with Crippen molar-refractivity contribution in [3.8, 4) is 11.1 Å².